The first-order valence-corrected chi connectivity index (χ1v) is 7.85. The lowest BCUT2D eigenvalue weighted by Gasteiger charge is -2.11. The Hall–Kier alpha value is -1.46. The van der Waals surface area contributed by atoms with Gasteiger partial charge in [0.05, 0.1) is 21.6 Å². The number of hydrogen-bond acceptors (Lipinski definition) is 3. The highest BCUT2D eigenvalue weighted by Gasteiger charge is 2.09. The van der Waals surface area contributed by atoms with Gasteiger partial charge in [0.15, 0.2) is 0 Å². The van der Waals surface area contributed by atoms with Crippen LogP contribution in [-0.4, -0.2) is 31.4 Å². The van der Waals surface area contributed by atoms with Crippen molar-refractivity contribution in [2.45, 2.75) is 0 Å². The van der Waals surface area contributed by atoms with E-state index in [1.165, 1.54) is 6.07 Å². The van der Waals surface area contributed by atoms with Crippen molar-refractivity contribution in [1.29, 1.82) is 0 Å². The van der Waals surface area contributed by atoms with Crippen LogP contribution in [0.5, 0.6) is 11.5 Å². The zero-order valence-corrected chi connectivity index (χ0v) is 14.8. The average molecular weight is 374 g/mol. The fourth-order valence-electron chi connectivity index (χ4n) is 1.80. The Morgan fingerprint density at radius 3 is 2.26 bits per heavy atom. The monoisotopic (exact) mass is 372 g/mol. The minimum atomic E-state index is -0.0869. The number of hydrogen-bond donors (Lipinski definition) is 1. The molecule has 7 heteroatoms. The van der Waals surface area contributed by atoms with E-state index in [2.05, 4.69) is 5.32 Å². The first-order chi connectivity index (χ1) is 10.8. The van der Waals surface area contributed by atoms with Gasteiger partial charge in [0.1, 0.15) is 11.5 Å². The Balaban J connectivity index is 2.06. The Morgan fingerprint density at radius 2 is 1.65 bits per heavy atom. The largest absolute Gasteiger partial charge is 0.456 e. The normalized spacial score (nSPS) is 10.7. The van der Waals surface area contributed by atoms with E-state index < -0.39 is 0 Å². The third kappa shape index (κ3) is 5.29. The zero-order valence-electron chi connectivity index (χ0n) is 12.6. The molecule has 0 saturated carbocycles. The van der Waals surface area contributed by atoms with Crippen LogP contribution >= 0.6 is 34.8 Å². The summed E-state index contributed by atoms with van der Waals surface area (Å²) >= 11 is 17.9. The van der Waals surface area contributed by atoms with Gasteiger partial charge in [-0.2, -0.15) is 0 Å². The van der Waals surface area contributed by atoms with E-state index in [-0.39, 0.29) is 5.91 Å². The van der Waals surface area contributed by atoms with Crippen LogP contribution in [0.4, 0.5) is 5.69 Å². The van der Waals surface area contributed by atoms with Gasteiger partial charge in [0.25, 0.3) is 0 Å². The van der Waals surface area contributed by atoms with E-state index in [0.717, 1.165) is 0 Å². The standard InChI is InChI=1S/C16H15Cl3N2O2/c1-21(2)9-16(22)20-10-3-5-11(6-4-10)23-15-8-13(18)12(17)7-14(15)19/h3-8H,9H2,1-2H3,(H,20,22). The van der Waals surface area contributed by atoms with Gasteiger partial charge >= 0.3 is 0 Å². The van der Waals surface area contributed by atoms with E-state index in [1.807, 2.05) is 14.1 Å². The first kappa shape index (κ1) is 17.9. The molecule has 0 spiro atoms. The van der Waals surface area contributed by atoms with Crippen molar-refractivity contribution in [2.24, 2.45) is 0 Å². The van der Waals surface area contributed by atoms with Crippen LogP contribution in [0.2, 0.25) is 15.1 Å². The van der Waals surface area contributed by atoms with Crippen LogP contribution in [0.25, 0.3) is 0 Å². The van der Waals surface area contributed by atoms with Crippen molar-refractivity contribution in [3.05, 3.63) is 51.5 Å². The van der Waals surface area contributed by atoms with Crippen LogP contribution in [-0.2, 0) is 4.79 Å². The van der Waals surface area contributed by atoms with E-state index >= 15 is 0 Å². The molecule has 0 aliphatic carbocycles. The number of benzene rings is 2. The molecule has 0 aromatic heterocycles. The SMILES string of the molecule is CN(C)CC(=O)Nc1ccc(Oc2cc(Cl)c(Cl)cc2Cl)cc1. The molecule has 0 fully saturated rings. The fraction of sp³-hybridized carbons (Fsp3) is 0.188. The predicted octanol–water partition coefficient (Wildman–Crippen LogP) is 4.94. The summed E-state index contributed by atoms with van der Waals surface area (Å²) in [5.74, 6) is 0.887. The second kappa shape index (κ2) is 7.88. The number of nitrogens with zero attached hydrogens (tertiary/aromatic N) is 1. The molecule has 23 heavy (non-hydrogen) atoms. The lowest BCUT2D eigenvalue weighted by molar-refractivity contribution is -0.116. The maximum absolute atomic E-state index is 11.7. The van der Waals surface area contributed by atoms with E-state index in [9.17, 15) is 4.79 Å². The summed E-state index contributed by atoms with van der Waals surface area (Å²) in [5, 5.41) is 3.88. The number of ether oxygens (including phenoxy) is 1. The molecule has 0 atom stereocenters. The van der Waals surface area contributed by atoms with Crippen molar-refractivity contribution in [3.8, 4) is 11.5 Å². The quantitative estimate of drug-likeness (QED) is 0.755. The molecule has 1 N–H and O–H groups in total. The Kier molecular flexibility index (Phi) is 6.13. The highest BCUT2D eigenvalue weighted by atomic mass is 35.5. The van der Waals surface area contributed by atoms with Gasteiger partial charge in [-0.1, -0.05) is 34.8 Å². The number of rotatable bonds is 5. The summed E-state index contributed by atoms with van der Waals surface area (Å²) in [5.41, 5.74) is 0.685. The molecule has 0 radical (unpaired) electrons. The van der Waals surface area contributed by atoms with Crippen molar-refractivity contribution in [3.63, 3.8) is 0 Å². The molecule has 0 bridgehead atoms. The molecule has 2 aromatic rings. The minimum absolute atomic E-state index is 0.0869. The number of halogens is 3. The average Bonchev–Trinajstić information content (AvgIpc) is 2.46. The highest BCUT2D eigenvalue weighted by Crippen LogP contribution is 2.36. The molecule has 2 rings (SSSR count). The molecule has 0 aliphatic rings. The van der Waals surface area contributed by atoms with Crippen molar-refractivity contribution < 1.29 is 9.53 Å². The van der Waals surface area contributed by atoms with Gasteiger partial charge in [-0.3, -0.25) is 4.79 Å². The number of nitrogens with one attached hydrogen (secondary N) is 1. The van der Waals surface area contributed by atoms with Gasteiger partial charge in [0, 0.05) is 11.8 Å². The molecule has 2 aromatic carbocycles. The highest BCUT2D eigenvalue weighted by molar-refractivity contribution is 6.43. The molecular weight excluding hydrogens is 359 g/mol. The summed E-state index contributed by atoms with van der Waals surface area (Å²) < 4.78 is 5.67. The van der Waals surface area contributed by atoms with E-state index in [4.69, 9.17) is 39.5 Å². The number of carbonyl (C=O) groups excluding carboxylic acids is 1. The predicted molar refractivity (Wildman–Crippen MR) is 95.2 cm³/mol. The lowest BCUT2D eigenvalue weighted by Crippen LogP contribution is -2.26. The Morgan fingerprint density at radius 1 is 1.04 bits per heavy atom. The molecule has 0 unspecified atom stereocenters. The van der Waals surface area contributed by atoms with Gasteiger partial charge in [-0.15, -0.1) is 0 Å². The van der Waals surface area contributed by atoms with Gasteiger partial charge in [-0.25, -0.2) is 0 Å². The third-order valence-corrected chi connectivity index (χ3v) is 3.82. The maximum Gasteiger partial charge on any atom is 0.238 e. The summed E-state index contributed by atoms with van der Waals surface area (Å²) in [7, 11) is 3.66. The summed E-state index contributed by atoms with van der Waals surface area (Å²) in [6.07, 6.45) is 0. The minimum Gasteiger partial charge on any atom is -0.456 e. The van der Waals surface area contributed by atoms with E-state index in [0.29, 0.717) is 38.8 Å². The van der Waals surface area contributed by atoms with Gasteiger partial charge in [0.2, 0.25) is 5.91 Å². The summed E-state index contributed by atoms with van der Waals surface area (Å²) in [4.78, 5) is 13.5. The van der Waals surface area contributed by atoms with Crippen LogP contribution in [0.1, 0.15) is 0 Å². The van der Waals surface area contributed by atoms with Crippen LogP contribution in [0.15, 0.2) is 36.4 Å². The van der Waals surface area contributed by atoms with Crippen LogP contribution in [0.3, 0.4) is 0 Å². The van der Waals surface area contributed by atoms with Crippen molar-refractivity contribution >= 4 is 46.4 Å². The summed E-state index contributed by atoms with van der Waals surface area (Å²) in [6, 6.07) is 10.0. The van der Waals surface area contributed by atoms with Gasteiger partial charge < -0.3 is 15.0 Å². The Labute approximate surface area is 149 Å². The number of likely N-dealkylation sites (N-methyl/N-ethyl adjacent to an activating group) is 1. The lowest BCUT2D eigenvalue weighted by atomic mass is 10.3. The van der Waals surface area contributed by atoms with Crippen molar-refractivity contribution in [1.82, 2.24) is 4.90 Å². The molecule has 0 saturated heterocycles. The van der Waals surface area contributed by atoms with Crippen LogP contribution < -0.4 is 10.1 Å². The molecule has 0 heterocycles. The van der Waals surface area contributed by atoms with Crippen LogP contribution in [0, 0.1) is 0 Å². The van der Waals surface area contributed by atoms with E-state index in [1.54, 1.807) is 35.2 Å². The molecular formula is C16H15Cl3N2O2. The topological polar surface area (TPSA) is 41.6 Å². The third-order valence-electron chi connectivity index (χ3n) is 2.80. The Bertz CT molecular complexity index is 703. The van der Waals surface area contributed by atoms with Gasteiger partial charge in [-0.05, 0) is 44.4 Å². The van der Waals surface area contributed by atoms with Crippen molar-refractivity contribution in [2.75, 3.05) is 26.0 Å². The summed E-state index contributed by atoms with van der Waals surface area (Å²) in [6.45, 7) is 0.317. The second-order valence-corrected chi connectivity index (χ2v) is 6.33. The number of anilines is 1. The maximum atomic E-state index is 11.7. The molecule has 0 aliphatic heterocycles. The smallest absolute Gasteiger partial charge is 0.238 e. The number of carbonyl (C=O) groups is 1. The fourth-order valence-corrected chi connectivity index (χ4v) is 2.38. The molecule has 4 nitrogen and oxygen atoms in total. The number of amides is 1. The second-order valence-electron chi connectivity index (χ2n) is 5.11. The molecule has 1 amide bonds. The first-order valence-electron chi connectivity index (χ1n) is 6.72. The molecule has 122 valence electrons. The zero-order chi connectivity index (χ0) is 17.0.